The summed E-state index contributed by atoms with van der Waals surface area (Å²) in [7, 11) is 0. The molecule has 0 aliphatic heterocycles. The number of benzene rings is 1. The molecule has 2 aromatic rings. The molecule has 0 saturated heterocycles. The van der Waals surface area contributed by atoms with Crippen LogP contribution in [-0.4, -0.2) is 40.3 Å². The van der Waals surface area contributed by atoms with Gasteiger partial charge < -0.3 is 19.7 Å². The fraction of sp³-hybridized carbons (Fsp3) is 0.231. The number of carboxylic acid groups (broad SMARTS) is 1. The maximum atomic E-state index is 11.7. The van der Waals surface area contributed by atoms with Gasteiger partial charge in [0, 0.05) is 0 Å². The van der Waals surface area contributed by atoms with Crippen LogP contribution in [0.5, 0.6) is 0 Å². The number of ether oxygens (including phenoxy) is 1. The van der Waals surface area contributed by atoms with Crippen molar-refractivity contribution in [3.63, 3.8) is 0 Å². The van der Waals surface area contributed by atoms with Crippen molar-refractivity contribution >= 4 is 17.6 Å². The molecule has 0 radical (unpaired) electrons. The van der Waals surface area contributed by atoms with Crippen molar-refractivity contribution < 1.29 is 24.0 Å². The minimum Gasteiger partial charge on any atom is -0.480 e. The Bertz CT molecular complexity index is 653. The Kier molecular flexibility index (Phi) is 4.62. The van der Waals surface area contributed by atoms with Crippen LogP contribution in [0.3, 0.4) is 0 Å². The molecule has 1 aromatic heterocycles. The molecule has 0 fully saturated rings. The molecular formula is C13H13N3O5. The number of rotatable bonds is 6. The second kappa shape index (κ2) is 6.62. The first-order chi connectivity index (χ1) is 10.1. The van der Waals surface area contributed by atoms with Crippen molar-refractivity contribution in [2.75, 3.05) is 18.5 Å². The number of carbonyl (C=O) groups is 2. The SMILES string of the molecule is Cc1noc(-c2ccccc2NC(=O)COCC(=O)O)n1. The second-order valence-corrected chi connectivity index (χ2v) is 4.13. The van der Waals surface area contributed by atoms with Crippen LogP contribution in [0, 0.1) is 6.92 Å². The molecule has 21 heavy (non-hydrogen) atoms. The van der Waals surface area contributed by atoms with Gasteiger partial charge in [-0.3, -0.25) is 4.79 Å². The first-order valence-corrected chi connectivity index (χ1v) is 6.05. The van der Waals surface area contributed by atoms with Crippen LogP contribution in [0.2, 0.25) is 0 Å². The van der Waals surface area contributed by atoms with E-state index in [0.717, 1.165) is 0 Å². The van der Waals surface area contributed by atoms with Gasteiger partial charge in [0.15, 0.2) is 5.82 Å². The lowest BCUT2D eigenvalue weighted by molar-refractivity contribution is -0.143. The minimum absolute atomic E-state index is 0.287. The van der Waals surface area contributed by atoms with Gasteiger partial charge in [-0.15, -0.1) is 0 Å². The number of aromatic nitrogens is 2. The van der Waals surface area contributed by atoms with Gasteiger partial charge >= 0.3 is 5.97 Å². The van der Waals surface area contributed by atoms with Crippen LogP contribution in [0.25, 0.3) is 11.5 Å². The summed E-state index contributed by atoms with van der Waals surface area (Å²) in [6.07, 6.45) is 0. The van der Waals surface area contributed by atoms with Crippen LogP contribution in [0.1, 0.15) is 5.82 Å². The number of aryl methyl sites for hydroxylation is 1. The van der Waals surface area contributed by atoms with E-state index in [9.17, 15) is 9.59 Å². The van der Waals surface area contributed by atoms with Crippen molar-refractivity contribution in [2.45, 2.75) is 6.92 Å². The summed E-state index contributed by atoms with van der Waals surface area (Å²) in [5, 5.41) is 14.7. The second-order valence-electron chi connectivity index (χ2n) is 4.13. The van der Waals surface area contributed by atoms with E-state index < -0.39 is 18.5 Å². The van der Waals surface area contributed by atoms with Gasteiger partial charge in [-0.25, -0.2) is 4.79 Å². The molecule has 1 amide bonds. The van der Waals surface area contributed by atoms with Gasteiger partial charge in [0.25, 0.3) is 5.89 Å². The predicted molar refractivity (Wildman–Crippen MR) is 71.6 cm³/mol. The highest BCUT2D eigenvalue weighted by atomic mass is 16.5. The largest absolute Gasteiger partial charge is 0.480 e. The smallest absolute Gasteiger partial charge is 0.329 e. The Labute approximate surface area is 119 Å². The zero-order valence-corrected chi connectivity index (χ0v) is 11.2. The molecule has 0 aliphatic rings. The monoisotopic (exact) mass is 291 g/mol. The summed E-state index contributed by atoms with van der Waals surface area (Å²) < 4.78 is 9.78. The highest BCUT2D eigenvalue weighted by Gasteiger charge is 2.13. The maximum Gasteiger partial charge on any atom is 0.329 e. The van der Waals surface area contributed by atoms with E-state index in [1.807, 2.05) is 0 Å². The molecule has 0 bridgehead atoms. The zero-order valence-electron chi connectivity index (χ0n) is 11.2. The predicted octanol–water partition coefficient (Wildman–Crippen LogP) is 1.08. The summed E-state index contributed by atoms with van der Waals surface area (Å²) >= 11 is 0. The standard InChI is InChI=1S/C13H13N3O5/c1-8-14-13(21-16-8)9-4-2-3-5-10(9)15-11(17)6-20-7-12(18)19/h2-5H,6-7H2,1H3,(H,15,17)(H,18,19). The van der Waals surface area contributed by atoms with Gasteiger partial charge in [0.2, 0.25) is 5.91 Å². The van der Waals surface area contributed by atoms with Crippen molar-refractivity contribution in [2.24, 2.45) is 0 Å². The zero-order chi connectivity index (χ0) is 15.2. The lowest BCUT2D eigenvalue weighted by Gasteiger charge is -2.08. The van der Waals surface area contributed by atoms with Crippen LogP contribution < -0.4 is 5.32 Å². The van der Waals surface area contributed by atoms with Gasteiger partial charge in [-0.1, -0.05) is 17.3 Å². The average Bonchev–Trinajstić information content (AvgIpc) is 2.85. The van der Waals surface area contributed by atoms with Crippen LogP contribution >= 0.6 is 0 Å². The molecule has 8 nitrogen and oxygen atoms in total. The number of hydrogen-bond donors (Lipinski definition) is 2. The highest BCUT2D eigenvalue weighted by Crippen LogP contribution is 2.26. The third-order valence-corrected chi connectivity index (χ3v) is 2.42. The molecule has 110 valence electrons. The number of aliphatic carboxylic acids is 1. The number of amides is 1. The fourth-order valence-electron chi connectivity index (χ4n) is 1.60. The average molecular weight is 291 g/mol. The third-order valence-electron chi connectivity index (χ3n) is 2.42. The summed E-state index contributed by atoms with van der Waals surface area (Å²) in [5.74, 6) is -0.838. The minimum atomic E-state index is -1.13. The molecule has 2 rings (SSSR count). The van der Waals surface area contributed by atoms with Crippen LogP contribution in [0.4, 0.5) is 5.69 Å². The Morgan fingerprint density at radius 2 is 2.10 bits per heavy atom. The van der Waals surface area contributed by atoms with Crippen molar-refractivity contribution in [3.05, 3.63) is 30.1 Å². The first kappa shape index (κ1) is 14.7. The van der Waals surface area contributed by atoms with Gasteiger partial charge in [0.1, 0.15) is 13.2 Å². The molecule has 0 aliphatic carbocycles. The molecule has 2 N–H and O–H groups in total. The normalized spacial score (nSPS) is 10.3. The Balaban J connectivity index is 2.07. The lowest BCUT2D eigenvalue weighted by Crippen LogP contribution is -2.21. The summed E-state index contributed by atoms with van der Waals surface area (Å²) in [6.45, 7) is 0.801. The van der Waals surface area contributed by atoms with Gasteiger partial charge in [-0.05, 0) is 19.1 Å². The van der Waals surface area contributed by atoms with E-state index >= 15 is 0 Å². The van der Waals surface area contributed by atoms with Crippen molar-refractivity contribution in [1.29, 1.82) is 0 Å². The maximum absolute atomic E-state index is 11.7. The van der Waals surface area contributed by atoms with Crippen molar-refractivity contribution in [3.8, 4) is 11.5 Å². The number of carboxylic acids is 1. The number of para-hydroxylation sites is 1. The van der Waals surface area contributed by atoms with E-state index in [-0.39, 0.29) is 12.5 Å². The Hall–Kier alpha value is -2.74. The number of nitrogens with zero attached hydrogens (tertiary/aromatic N) is 2. The van der Waals surface area contributed by atoms with Crippen LogP contribution in [-0.2, 0) is 14.3 Å². The van der Waals surface area contributed by atoms with E-state index in [1.165, 1.54) is 0 Å². The molecule has 1 heterocycles. The number of hydrogen-bond acceptors (Lipinski definition) is 6. The number of carbonyl (C=O) groups excluding carboxylic acids is 1. The molecule has 0 saturated carbocycles. The highest BCUT2D eigenvalue weighted by molar-refractivity contribution is 5.95. The summed E-state index contributed by atoms with van der Waals surface area (Å²) in [6, 6.07) is 6.90. The first-order valence-electron chi connectivity index (χ1n) is 6.05. The molecular weight excluding hydrogens is 278 g/mol. The van der Waals surface area contributed by atoms with Gasteiger partial charge in [0.05, 0.1) is 11.3 Å². The van der Waals surface area contributed by atoms with Crippen molar-refractivity contribution in [1.82, 2.24) is 10.1 Å². The molecule has 1 aromatic carbocycles. The van der Waals surface area contributed by atoms with E-state index in [2.05, 4.69) is 15.5 Å². The van der Waals surface area contributed by atoms with Crippen LogP contribution in [0.15, 0.2) is 28.8 Å². The Morgan fingerprint density at radius 1 is 1.33 bits per heavy atom. The summed E-state index contributed by atoms with van der Waals surface area (Å²) in [5.41, 5.74) is 1.05. The van der Waals surface area contributed by atoms with E-state index in [1.54, 1.807) is 31.2 Å². The fourth-order valence-corrected chi connectivity index (χ4v) is 1.60. The molecule has 0 spiro atoms. The van der Waals surface area contributed by atoms with E-state index in [4.69, 9.17) is 14.4 Å². The number of anilines is 1. The Morgan fingerprint density at radius 3 is 2.76 bits per heavy atom. The third kappa shape index (κ3) is 4.11. The quantitative estimate of drug-likeness (QED) is 0.818. The topological polar surface area (TPSA) is 115 Å². The molecule has 0 atom stereocenters. The van der Waals surface area contributed by atoms with E-state index in [0.29, 0.717) is 17.1 Å². The summed E-state index contributed by atoms with van der Waals surface area (Å²) in [4.78, 5) is 26.1. The molecule has 8 heteroatoms. The lowest BCUT2D eigenvalue weighted by atomic mass is 10.1. The van der Waals surface area contributed by atoms with Gasteiger partial charge in [-0.2, -0.15) is 4.98 Å². The number of nitrogens with one attached hydrogen (secondary N) is 1. The molecule has 0 unspecified atom stereocenters.